The number of nitrogens with zero attached hydrogens (tertiary/aromatic N) is 1. The highest BCUT2D eigenvalue weighted by Crippen LogP contribution is 2.47. The van der Waals surface area contributed by atoms with E-state index in [-0.39, 0.29) is 10.3 Å². The Bertz CT molecular complexity index is 743. The van der Waals surface area contributed by atoms with Gasteiger partial charge < -0.3 is 4.90 Å². The third-order valence-electron chi connectivity index (χ3n) is 3.80. The van der Waals surface area contributed by atoms with Crippen LogP contribution >= 0.6 is 0 Å². The summed E-state index contributed by atoms with van der Waals surface area (Å²) in [6, 6.07) is 4.68. The second-order valence-corrected chi connectivity index (χ2v) is 6.93. The Balaban J connectivity index is 2.60. The van der Waals surface area contributed by atoms with Gasteiger partial charge >= 0.3 is 0 Å². The average molecular weight is 305 g/mol. The monoisotopic (exact) mass is 305 g/mol. The predicted molar refractivity (Wildman–Crippen MR) is 85.1 cm³/mol. The molecule has 2 rings (SSSR count). The minimum Gasteiger partial charge on any atom is -0.347 e. The zero-order valence-corrected chi connectivity index (χ0v) is 13.2. The van der Waals surface area contributed by atoms with E-state index in [4.69, 9.17) is 0 Å². The first-order chi connectivity index (χ1) is 9.69. The van der Waals surface area contributed by atoms with E-state index in [0.717, 1.165) is 16.9 Å². The molecule has 0 atom stereocenters. The molecule has 0 bridgehead atoms. The summed E-state index contributed by atoms with van der Waals surface area (Å²) in [7, 11) is -2.26. The Labute approximate surface area is 125 Å². The molecule has 1 aliphatic rings. The maximum atomic E-state index is 11.3. The van der Waals surface area contributed by atoms with Crippen LogP contribution in [0.1, 0.15) is 19.4 Å². The molecule has 0 radical (unpaired) electrons. The van der Waals surface area contributed by atoms with Crippen molar-refractivity contribution in [2.75, 3.05) is 11.9 Å². The fraction of sp³-hybridized carbons (Fsp3) is 0.250. The van der Waals surface area contributed by atoms with Gasteiger partial charge in [-0.2, -0.15) is 8.42 Å². The largest absolute Gasteiger partial charge is 0.347 e. The fourth-order valence-corrected chi connectivity index (χ4v) is 3.21. The van der Waals surface area contributed by atoms with Crippen LogP contribution in [0.25, 0.3) is 0 Å². The maximum absolute atomic E-state index is 11.3. The molecule has 1 heterocycles. The second-order valence-electron chi connectivity index (χ2n) is 5.51. The summed E-state index contributed by atoms with van der Waals surface area (Å²) in [6.07, 6.45) is 7.41. The zero-order valence-electron chi connectivity index (χ0n) is 12.4. The molecule has 1 aromatic rings. The quantitative estimate of drug-likeness (QED) is 0.688. The molecule has 0 saturated carbocycles. The summed E-state index contributed by atoms with van der Waals surface area (Å²) in [4.78, 5) is 1.95. The molecule has 1 aromatic carbocycles. The van der Waals surface area contributed by atoms with Crippen LogP contribution in [-0.4, -0.2) is 20.0 Å². The highest BCUT2D eigenvalue weighted by Gasteiger charge is 2.38. The van der Waals surface area contributed by atoms with Gasteiger partial charge in [-0.15, -0.1) is 0 Å². The van der Waals surface area contributed by atoms with Gasteiger partial charge in [-0.1, -0.05) is 38.7 Å². The Hall–Kier alpha value is -1.85. The number of benzene rings is 1. The average Bonchev–Trinajstić information content (AvgIpc) is 2.58. The van der Waals surface area contributed by atoms with E-state index in [1.54, 1.807) is 18.2 Å². The number of likely N-dealkylation sites (N-methyl/N-ethyl adjacent to an activating group) is 1. The first-order valence-electron chi connectivity index (χ1n) is 6.55. The van der Waals surface area contributed by atoms with Gasteiger partial charge in [-0.3, -0.25) is 4.55 Å². The lowest BCUT2D eigenvalue weighted by Gasteiger charge is -2.23. The highest BCUT2D eigenvalue weighted by molar-refractivity contribution is 7.85. The van der Waals surface area contributed by atoms with Gasteiger partial charge in [0.25, 0.3) is 10.1 Å². The van der Waals surface area contributed by atoms with Crippen molar-refractivity contribution in [1.82, 2.24) is 0 Å². The molecule has 0 amide bonds. The van der Waals surface area contributed by atoms with Crippen LogP contribution in [0.15, 0.2) is 59.7 Å². The summed E-state index contributed by atoms with van der Waals surface area (Å²) in [5.74, 6) is 0. The molecule has 0 unspecified atom stereocenters. The van der Waals surface area contributed by atoms with Crippen molar-refractivity contribution in [3.8, 4) is 0 Å². The first-order valence-corrected chi connectivity index (χ1v) is 7.99. The van der Waals surface area contributed by atoms with Crippen LogP contribution < -0.4 is 4.90 Å². The van der Waals surface area contributed by atoms with Gasteiger partial charge in [-0.05, 0) is 29.8 Å². The van der Waals surface area contributed by atoms with Crippen LogP contribution in [0.3, 0.4) is 0 Å². The number of hydrogen-bond acceptors (Lipinski definition) is 3. The number of fused-ring (bicyclic) bond motifs is 1. The topological polar surface area (TPSA) is 57.6 Å². The molecule has 1 N–H and O–H groups in total. The number of allylic oxidation sites excluding steroid dienone is 5. The van der Waals surface area contributed by atoms with Crippen molar-refractivity contribution in [2.24, 2.45) is 0 Å². The number of anilines is 1. The van der Waals surface area contributed by atoms with Crippen LogP contribution in [0.5, 0.6) is 0 Å². The van der Waals surface area contributed by atoms with E-state index in [2.05, 4.69) is 6.58 Å². The number of rotatable bonds is 3. The predicted octanol–water partition coefficient (Wildman–Crippen LogP) is 3.29. The molecule has 0 aromatic heterocycles. The van der Waals surface area contributed by atoms with Gasteiger partial charge in [0.1, 0.15) is 0 Å². The molecular formula is C16H19NO3S. The van der Waals surface area contributed by atoms with Crippen molar-refractivity contribution in [2.45, 2.75) is 24.2 Å². The molecule has 0 aliphatic carbocycles. The number of hydrogen-bond donors (Lipinski definition) is 1. The standard InChI is InChI=1S/C16H19NO3S/c1-5-6-7-8-15-16(2,3)13-11-12(21(18,19)20)9-10-14(13)17(15)4/h5-11H,1H2,2-4H3,(H,18,19,20)/b7-6+,15-8+. The summed E-state index contributed by atoms with van der Waals surface area (Å²) < 4.78 is 31.9. The van der Waals surface area contributed by atoms with E-state index >= 15 is 0 Å². The molecular weight excluding hydrogens is 286 g/mol. The smallest absolute Gasteiger partial charge is 0.294 e. The minimum absolute atomic E-state index is 0.0781. The molecule has 5 heteroatoms. The summed E-state index contributed by atoms with van der Waals surface area (Å²) in [6.45, 7) is 7.68. The van der Waals surface area contributed by atoms with Gasteiger partial charge in [0.2, 0.25) is 0 Å². The lowest BCUT2D eigenvalue weighted by Crippen LogP contribution is -2.22. The van der Waals surface area contributed by atoms with E-state index in [1.165, 1.54) is 6.07 Å². The molecule has 0 spiro atoms. The lowest BCUT2D eigenvalue weighted by atomic mass is 9.84. The molecule has 0 fully saturated rings. The van der Waals surface area contributed by atoms with E-state index in [9.17, 15) is 13.0 Å². The van der Waals surface area contributed by atoms with Crippen LogP contribution in [0.4, 0.5) is 5.69 Å². The Kier molecular flexibility index (Phi) is 3.82. The van der Waals surface area contributed by atoms with E-state index in [0.29, 0.717) is 0 Å². The van der Waals surface area contributed by atoms with Crippen molar-refractivity contribution < 1.29 is 13.0 Å². The van der Waals surface area contributed by atoms with Crippen LogP contribution in [0, 0.1) is 0 Å². The molecule has 4 nitrogen and oxygen atoms in total. The van der Waals surface area contributed by atoms with Gasteiger partial charge in [0.05, 0.1) is 4.90 Å². The molecule has 0 saturated heterocycles. The molecule has 21 heavy (non-hydrogen) atoms. The highest BCUT2D eigenvalue weighted by atomic mass is 32.2. The lowest BCUT2D eigenvalue weighted by molar-refractivity contribution is 0.483. The second kappa shape index (κ2) is 5.16. The maximum Gasteiger partial charge on any atom is 0.294 e. The van der Waals surface area contributed by atoms with Crippen molar-refractivity contribution >= 4 is 15.8 Å². The van der Waals surface area contributed by atoms with Crippen LogP contribution in [-0.2, 0) is 15.5 Å². The third kappa shape index (κ3) is 2.66. The minimum atomic E-state index is -4.20. The van der Waals surface area contributed by atoms with Gasteiger partial charge in [0, 0.05) is 23.8 Å². The summed E-state index contributed by atoms with van der Waals surface area (Å²) >= 11 is 0. The van der Waals surface area contributed by atoms with Crippen molar-refractivity contribution in [1.29, 1.82) is 0 Å². The Morgan fingerprint density at radius 1 is 1.29 bits per heavy atom. The zero-order chi connectivity index (χ0) is 15.8. The molecule has 1 aliphatic heterocycles. The summed E-state index contributed by atoms with van der Waals surface area (Å²) in [5, 5.41) is 0. The SMILES string of the molecule is C=C/C=C/C=C1/N(C)c2ccc(S(=O)(=O)O)cc2C1(C)C. The Morgan fingerprint density at radius 3 is 2.52 bits per heavy atom. The van der Waals surface area contributed by atoms with Gasteiger partial charge in [0.15, 0.2) is 0 Å². The van der Waals surface area contributed by atoms with Crippen LogP contribution in [0.2, 0.25) is 0 Å². The van der Waals surface area contributed by atoms with E-state index in [1.807, 2.05) is 44.0 Å². The van der Waals surface area contributed by atoms with E-state index < -0.39 is 10.1 Å². The first kappa shape index (κ1) is 15.5. The normalized spacial score (nSPS) is 19.2. The molecule has 112 valence electrons. The summed E-state index contributed by atoms with van der Waals surface area (Å²) in [5.41, 5.74) is 2.50. The third-order valence-corrected chi connectivity index (χ3v) is 4.65. The fourth-order valence-electron chi connectivity index (χ4n) is 2.70. The van der Waals surface area contributed by atoms with Gasteiger partial charge in [-0.25, -0.2) is 0 Å². The van der Waals surface area contributed by atoms with Crippen molar-refractivity contribution in [3.05, 3.63) is 60.3 Å². The van der Waals surface area contributed by atoms with Crippen molar-refractivity contribution in [3.63, 3.8) is 0 Å². The Morgan fingerprint density at radius 2 is 1.95 bits per heavy atom.